The molecule has 0 spiro atoms. The van der Waals surface area contributed by atoms with Gasteiger partial charge in [0.2, 0.25) is 5.43 Å². The number of aryl methyl sites for hydroxylation is 3. The van der Waals surface area contributed by atoms with Crippen molar-refractivity contribution in [2.24, 2.45) is 0 Å². The van der Waals surface area contributed by atoms with Gasteiger partial charge in [-0.05, 0) is 247 Å². The predicted octanol–water partition coefficient (Wildman–Crippen LogP) is 20.5. The number of carboxylic acids is 6. The van der Waals surface area contributed by atoms with Crippen LogP contribution < -0.4 is 37.3 Å². The zero-order valence-electron chi connectivity index (χ0n) is 76.1. The summed E-state index contributed by atoms with van der Waals surface area (Å²) in [6.07, 6.45) is 7.83. The number of hydrogen-bond acceptors (Lipinski definition) is 13. The molecule has 0 atom stereocenters. The quantitative estimate of drug-likeness (QED) is 0.0364. The lowest BCUT2D eigenvalue weighted by Gasteiger charge is -2.22. The lowest BCUT2D eigenvalue weighted by atomic mass is 9.83. The minimum absolute atomic E-state index is 0.00935. The van der Waals surface area contributed by atoms with Crippen molar-refractivity contribution in [2.45, 2.75) is 97.1 Å². The number of aromatic nitrogens is 6. The molecular weight excluding hydrogens is 1920 g/mol. The first-order valence-corrected chi connectivity index (χ1v) is 46.8. The number of pyridine rings is 6. The minimum Gasteiger partial charge on any atom is -0.496 e. The Hall–Kier alpha value is -17.0. The second-order valence-electron chi connectivity index (χ2n) is 33.9. The van der Waals surface area contributed by atoms with Crippen LogP contribution in [0.25, 0.3) is 131 Å². The summed E-state index contributed by atoms with van der Waals surface area (Å²) in [5.74, 6) is 1.46. The molecular formula is C114H90Br2N6O19. The van der Waals surface area contributed by atoms with Gasteiger partial charge < -0.3 is 62.8 Å². The Bertz CT molecular complexity index is 8900. The third-order valence-electron chi connectivity index (χ3n) is 24.8. The average molecular weight is 2010 g/mol. The van der Waals surface area contributed by atoms with Crippen LogP contribution in [0, 0.1) is 18.8 Å². The lowest BCUT2D eigenvalue weighted by molar-refractivity contribution is -0.138. The van der Waals surface area contributed by atoms with Crippen LogP contribution in [0.2, 0.25) is 0 Å². The molecule has 6 N–H and O–H groups in total. The smallest absolute Gasteiger partial charge is 0.323 e. The molecule has 1 saturated carbocycles. The van der Waals surface area contributed by atoms with E-state index in [-0.39, 0.29) is 71.8 Å². The number of aliphatic carboxylic acids is 6. The molecule has 27 heteroatoms. The van der Waals surface area contributed by atoms with Gasteiger partial charge in [0, 0.05) is 73.9 Å². The van der Waals surface area contributed by atoms with Gasteiger partial charge in [-0.2, -0.15) is 0 Å². The summed E-state index contributed by atoms with van der Waals surface area (Å²) in [5.41, 5.74) is 13.1. The monoisotopic (exact) mass is 2000 g/mol. The third-order valence-corrected chi connectivity index (χ3v) is 26.0. The second-order valence-corrected chi connectivity index (χ2v) is 35.7. The highest BCUT2D eigenvalue weighted by Gasteiger charge is 2.24. The molecule has 1 fully saturated rings. The molecule has 0 unspecified atom stereocenters. The summed E-state index contributed by atoms with van der Waals surface area (Å²) in [6, 6.07) is 93.7. The average Bonchev–Trinajstić information content (AvgIpc) is 0.759. The van der Waals surface area contributed by atoms with E-state index in [4.69, 9.17) is 14.9 Å². The van der Waals surface area contributed by atoms with Crippen LogP contribution in [-0.2, 0) is 80.9 Å². The van der Waals surface area contributed by atoms with Crippen molar-refractivity contribution in [3.8, 4) is 17.6 Å². The number of carbonyl (C=O) groups is 6. The number of halogens is 2. The van der Waals surface area contributed by atoms with E-state index in [1.807, 2.05) is 128 Å². The van der Waals surface area contributed by atoms with Crippen LogP contribution in [-0.4, -0.2) is 101 Å². The number of para-hydroxylation sites is 5. The highest BCUT2D eigenvalue weighted by Crippen LogP contribution is 2.36. The van der Waals surface area contributed by atoms with Crippen molar-refractivity contribution in [2.75, 3.05) is 7.11 Å². The largest absolute Gasteiger partial charge is 0.496 e. The van der Waals surface area contributed by atoms with Crippen molar-refractivity contribution in [1.82, 2.24) is 27.4 Å². The molecule has 6 heterocycles. The highest BCUT2D eigenvalue weighted by molar-refractivity contribution is 9.11. The molecule has 0 saturated heterocycles. The molecule has 1 aliphatic carbocycles. The maximum absolute atomic E-state index is 13.0. The van der Waals surface area contributed by atoms with E-state index in [1.54, 1.807) is 197 Å². The van der Waals surface area contributed by atoms with Gasteiger partial charge in [0.15, 0.2) is 27.1 Å². The minimum atomic E-state index is -0.962. The van der Waals surface area contributed by atoms with Crippen molar-refractivity contribution in [1.29, 1.82) is 0 Å². The van der Waals surface area contributed by atoms with E-state index in [0.29, 0.717) is 153 Å². The second kappa shape index (κ2) is 43.2. The van der Waals surface area contributed by atoms with E-state index in [9.17, 15) is 78.0 Å². The van der Waals surface area contributed by atoms with Crippen LogP contribution >= 0.6 is 31.9 Å². The number of benzene rings is 14. The fraction of sp³-hybridized carbons (Fsp3) is 0.140. The van der Waals surface area contributed by atoms with Crippen LogP contribution in [0.5, 0.6) is 5.75 Å². The van der Waals surface area contributed by atoms with E-state index in [1.165, 1.54) is 50.3 Å². The molecule has 0 radical (unpaired) electrons. The van der Waals surface area contributed by atoms with Crippen LogP contribution in [0.3, 0.4) is 0 Å². The number of rotatable bonds is 17. The summed E-state index contributed by atoms with van der Waals surface area (Å²) in [4.78, 5) is 144. The summed E-state index contributed by atoms with van der Waals surface area (Å²) in [5, 5.41) is 61.6. The Kier molecular flexibility index (Phi) is 29.7. The van der Waals surface area contributed by atoms with Gasteiger partial charge in [-0.15, -0.1) is 0 Å². The number of hydrogen-bond donors (Lipinski definition) is 6. The SMILES string of the molecule is COc1cccc2c1c(=O)c1ccc(C)cc1n2CC(=O)O.O=C(O)Cn1c2ccccc2c(=O)c2c(Br)cccc21.O=C(O)Cn1c2ccccc2c(=O)c2cc(Br)ccc21.O=C(O)Cn1c2ccccc2c(=O)c2cc(C#Cc3ccccc3)ccc21.O=C(O)Cn1c2ccccc2c(=O)c2cc(C3CCCCC3)ccc21.O=C(O)Cn1c2ccccc2c(=O)c2cc(CCc3ccccc3)ccc21. The molecule has 14 aromatic carbocycles. The summed E-state index contributed by atoms with van der Waals surface area (Å²) in [6.45, 7) is 0.772. The van der Waals surface area contributed by atoms with Crippen molar-refractivity contribution < 1.29 is 64.1 Å². The van der Waals surface area contributed by atoms with Crippen molar-refractivity contribution in [3.63, 3.8) is 0 Å². The maximum Gasteiger partial charge on any atom is 0.323 e. The molecule has 141 heavy (non-hydrogen) atoms. The number of ether oxygens (including phenoxy) is 1. The first-order valence-electron chi connectivity index (χ1n) is 45.2. The molecule has 6 aromatic heterocycles. The topological polar surface area (TPSA) is 365 Å². The Morgan fingerprint density at radius 1 is 0.298 bits per heavy atom. The van der Waals surface area contributed by atoms with Gasteiger partial charge in [0.1, 0.15) is 45.0 Å². The molecule has 0 aliphatic heterocycles. The molecule has 0 amide bonds. The Labute approximate surface area is 819 Å². The first kappa shape index (κ1) is 97.1. The normalized spacial score (nSPS) is 11.8. The Morgan fingerprint density at radius 2 is 0.645 bits per heavy atom. The van der Waals surface area contributed by atoms with Gasteiger partial charge in [0.25, 0.3) is 0 Å². The summed E-state index contributed by atoms with van der Waals surface area (Å²) >= 11 is 6.71. The number of methoxy groups -OCH3 is 1. The Morgan fingerprint density at radius 3 is 1.12 bits per heavy atom. The Balaban J connectivity index is 0.000000122. The molecule has 0 bridgehead atoms. The number of fused-ring (bicyclic) bond motifs is 12. The van der Waals surface area contributed by atoms with Gasteiger partial charge in [-0.3, -0.25) is 57.5 Å². The maximum atomic E-state index is 13.0. The van der Waals surface area contributed by atoms with Crippen molar-refractivity contribution in [3.05, 3.63) is 413 Å². The lowest BCUT2D eigenvalue weighted by Crippen LogP contribution is -2.16. The van der Waals surface area contributed by atoms with E-state index in [0.717, 1.165) is 34.0 Å². The third kappa shape index (κ3) is 21.3. The molecule has 704 valence electrons. The molecule has 20 aromatic rings. The zero-order valence-corrected chi connectivity index (χ0v) is 79.3. The molecule has 21 rings (SSSR count). The fourth-order valence-electron chi connectivity index (χ4n) is 18.5. The van der Waals surface area contributed by atoms with Crippen LogP contribution in [0.15, 0.2) is 347 Å². The number of carboxylic acid groups (broad SMARTS) is 6. The summed E-state index contributed by atoms with van der Waals surface area (Å²) in [7, 11) is 1.50. The van der Waals surface area contributed by atoms with Crippen LogP contribution in [0.1, 0.15) is 71.4 Å². The van der Waals surface area contributed by atoms with Crippen molar-refractivity contribution >= 4 is 199 Å². The number of nitrogens with zero attached hydrogens (tertiary/aromatic N) is 6. The van der Waals surface area contributed by atoms with Gasteiger partial charge in [-0.1, -0.05) is 187 Å². The first-order chi connectivity index (χ1) is 68.1. The molecule has 25 nitrogen and oxygen atoms in total. The van der Waals surface area contributed by atoms with E-state index in [2.05, 4.69) is 61.9 Å². The fourth-order valence-corrected chi connectivity index (χ4v) is 19.4. The van der Waals surface area contributed by atoms with Crippen LogP contribution in [0.4, 0.5) is 0 Å². The van der Waals surface area contributed by atoms with Gasteiger partial charge in [0.05, 0.1) is 84.1 Å². The standard InChI is InChI=1S/C23H19NO3.C23H15NO3.C21H21NO3.C17H15NO4.2C15H10BrNO3/c2*25-22(26)15-24-20-9-5-4-8-18(20)23(27)19-14-17(12-13-21(19)24)11-10-16-6-2-1-3-7-16;23-20(24)13-22-18-9-5-4-8-16(18)21(25)17-12-15(10-11-19(17)22)14-6-2-1-3-7-14;1-10-6-7-11-13(8-10)18(9-15(19)20)12-4-3-5-14(22-2)16(12)17(11)21;16-10-5-3-7-12-14(10)15(20)9-4-1-2-6-11(9)17(12)8-13(18)19;16-9-5-6-13-11(7-9)15(20)10-3-1-2-4-12(10)17(13)8-14(18)19/h1-9,12-14H,10-11,15H2,(H,25,26);1-9,12-14H,15H2,(H,25,26);4-5,8-12,14H,1-3,6-7,13H2,(H,23,24);3-8H,9H2,1-2H3,(H,19,20);2*1-7H,8H2,(H,18,19). The van der Waals surface area contributed by atoms with E-state index < -0.39 is 35.8 Å². The molecule has 1 aliphatic rings. The van der Waals surface area contributed by atoms with Gasteiger partial charge >= 0.3 is 35.8 Å². The van der Waals surface area contributed by atoms with E-state index >= 15 is 0 Å². The summed E-state index contributed by atoms with van der Waals surface area (Å²) < 4.78 is 16.8. The predicted molar refractivity (Wildman–Crippen MR) is 559 cm³/mol. The van der Waals surface area contributed by atoms with Gasteiger partial charge in [-0.25, -0.2) is 0 Å². The highest BCUT2D eigenvalue weighted by atomic mass is 79.9. The zero-order chi connectivity index (χ0) is 99.4.